The summed E-state index contributed by atoms with van der Waals surface area (Å²) < 4.78 is 23.6. The maximum atomic E-state index is 11.8. The molecule has 0 aliphatic rings. The van der Waals surface area contributed by atoms with E-state index in [0.717, 1.165) is 11.3 Å². The molecule has 0 fully saturated rings. The first kappa shape index (κ1) is 15.4. The number of sulfone groups is 1. The summed E-state index contributed by atoms with van der Waals surface area (Å²) in [7, 11) is -3.33. The molecule has 0 amide bonds. The number of nitrogens with one attached hydrogen (secondary N) is 1. The van der Waals surface area contributed by atoms with Gasteiger partial charge in [0.1, 0.15) is 0 Å². The van der Waals surface area contributed by atoms with E-state index in [1.807, 2.05) is 24.3 Å². The second-order valence-electron chi connectivity index (χ2n) is 4.57. The van der Waals surface area contributed by atoms with Crippen LogP contribution in [0.5, 0.6) is 0 Å². The number of anilines is 1. The molecular formula is C16H14ClNO2S. The van der Waals surface area contributed by atoms with Crippen LogP contribution in [-0.4, -0.2) is 14.7 Å². The van der Waals surface area contributed by atoms with Gasteiger partial charge in [-0.2, -0.15) is 0 Å². The lowest BCUT2D eigenvalue weighted by Crippen LogP contribution is -2.07. The van der Waals surface area contributed by atoms with E-state index >= 15 is 0 Å². The van der Waals surface area contributed by atoms with Crippen molar-refractivity contribution in [3.05, 3.63) is 58.6 Å². The molecule has 3 nitrogen and oxygen atoms in total. The Morgan fingerprint density at radius 3 is 2.62 bits per heavy atom. The van der Waals surface area contributed by atoms with Crippen molar-refractivity contribution in [2.24, 2.45) is 0 Å². The standard InChI is InChI=1S/C16H14ClNO2S/c1-3-12-6-4-7-13(10-12)18-11-14-15(17)8-5-9-16(14)21(2,19)20/h1,4-10,18H,11H2,2H3. The largest absolute Gasteiger partial charge is 0.381 e. The molecule has 1 N–H and O–H groups in total. The first-order valence-electron chi connectivity index (χ1n) is 6.20. The number of hydrogen-bond donors (Lipinski definition) is 1. The van der Waals surface area contributed by atoms with Crippen LogP contribution in [0.3, 0.4) is 0 Å². The summed E-state index contributed by atoms with van der Waals surface area (Å²) in [6.45, 7) is 0.302. The average Bonchev–Trinajstić information content (AvgIpc) is 2.45. The second-order valence-corrected chi connectivity index (χ2v) is 6.96. The van der Waals surface area contributed by atoms with Crippen LogP contribution in [-0.2, 0) is 16.4 Å². The van der Waals surface area contributed by atoms with E-state index in [0.29, 0.717) is 17.1 Å². The molecule has 0 aliphatic carbocycles. The van der Waals surface area contributed by atoms with Crippen LogP contribution in [0.2, 0.25) is 5.02 Å². The molecule has 0 spiro atoms. The Hall–Kier alpha value is -1.96. The van der Waals surface area contributed by atoms with Crippen LogP contribution in [0.25, 0.3) is 0 Å². The van der Waals surface area contributed by atoms with Gasteiger partial charge in [0.05, 0.1) is 4.90 Å². The first-order valence-corrected chi connectivity index (χ1v) is 8.47. The smallest absolute Gasteiger partial charge is 0.175 e. The van der Waals surface area contributed by atoms with Gasteiger partial charge in [-0.25, -0.2) is 8.42 Å². The summed E-state index contributed by atoms with van der Waals surface area (Å²) in [5.74, 6) is 2.55. The van der Waals surface area contributed by atoms with Gasteiger partial charge in [0.15, 0.2) is 9.84 Å². The minimum Gasteiger partial charge on any atom is -0.381 e. The van der Waals surface area contributed by atoms with Gasteiger partial charge in [0.2, 0.25) is 0 Å². The van der Waals surface area contributed by atoms with Crippen LogP contribution in [0.1, 0.15) is 11.1 Å². The van der Waals surface area contributed by atoms with Gasteiger partial charge >= 0.3 is 0 Å². The minimum absolute atomic E-state index is 0.232. The maximum Gasteiger partial charge on any atom is 0.175 e. The molecule has 0 aromatic heterocycles. The maximum absolute atomic E-state index is 11.8. The number of hydrogen-bond acceptors (Lipinski definition) is 3. The fourth-order valence-electron chi connectivity index (χ4n) is 1.97. The van der Waals surface area contributed by atoms with Crippen molar-refractivity contribution in [2.75, 3.05) is 11.6 Å². The van der Waals surface area contributed by atoms with Crippen molar-refractivity contribution in [2.45, 2.75) is 11.4 Å². The Morgan fingerprint density at radius 2 is 1.95 bits per heavy atom. The van der Waals surface area contributed by atoms with Crippen molar-refractivity contribution in [1.29, 1.82) is 0 Å². The molecule has 108 valence electrons. The monoisotopic (exact) mass is 319 g/mol. The van der Waals surface area contributed by atoms with Gasteiger partial charge in [-0.05, 0) is 30.3 Å². The van der Waals surface area contributed by atoms with Crippen molar-refractivity contribution < 1.29 is 8.42 Å². The molecule has 21 heavy (non-hydrogen) atoms. The average molecular weight is 320 g/mol. The fourth-order valence-corrected chi connectivity index (χ4v) is 3.22. The van der Waals surface area contributed by atoms with Crippen molar-refractivity contribution in [3.8, 4) is 12.3 Å². The van der Waals surface area contributed by atoms with E-state index in [2.05, 4.69) is 11.2 Å². The van der Waals surface area contributed by atoms with Crippen LogP contribution < -0.4 is 5.32 Å². The highest BCUT2D eigenvalue weighted by atomic mass is 35.5. The lowest BCUT2D eigenvalue weighted by atomic mass is 10.2. The summed E-state index contributed by atoms with van der Waals surface area (Å²) >= 11 is 6.12. The highest BCUT2D eigenvalue weighted by Crippen LogP contribution is 2.25. The van der Waals surface area contributed by atoms with Gasteiger partial charge in [0, 0.05) is 34.6 Å². The zero-order valence-electron chi connectivity index (χ0n) is 11.4. The third-order valence-electron chi connectivity index (χ3n) is 2.97. The van der Waals surface area contributed by atoms with Gasteiger partial charge in [-0.15, -0.1) is 6.42 Å². The Morgan fingerprint density at radius 1 is 1.24 bits per heavy atom. The Balaban J connectivity index is 2.30. The molecule has 0 aliphatic heterocycles. The van der Waals surface area contributed by atoms with Gasteiger partial charge in [-0.3, -0.25) is 0 Å². The van der Waals surface area contributed by atoms with E-state index in [9.17, 15) is 8.42 Å². The number of benzene rings is 2. The number of rotatable bonds is 4. The molecule has 2 aromatic rings. The summed E-state index contributed by atoms with van der Waals surface area (Å²) in [6.07, 6.45) is 6.52. The summed E-state index contributed by atoms with van der Waals surface area (Å²) in [5.41, 5.74) is 2.11. The molecule has 2 aromatic carbocycles. The van der Waals surface area contributed by atoms with E-state index in [1.54, 1.807) is 18.2 Å². The predicted octanol–water partition coefficient (Wildman–Crippen LogP) is 3.34. The second kappa shape index (κ2) is 6.21. The Kier molecular flexibility index (Phi) is 4.56. The van der Waals surface area contributed by atoms with Crippen molar-refractivity contribution >= 4 is 27.1 Å². The number of terminal acetylenes is 1. The Bertz CT molecular complexity index is 807. The van der Waals surface area contributed by atoms with Gasteiger partial charge in [0.25, 0.3) is 0 Å². The van der Waals surface area contributed by atoms with Crippen molar-refractivity contribution in [3.63, 3.8) is 0 Å². The lowest BCUT2D eigenvalue weighted by Gasteiger charge is -2.12. The van der Waals surface area contributed by atoms with Crippen molar-refractivity contribution in [1.82, 2.24) is 0 Å². The van der Waals surface area contributed by atoms with Crippen LogP contribution in [0, 0.1) is 12.3 Å². The SMILES string of the molecule is C#Cc1cccc(NCc2c(Cl)cccc2S(C)(=O)=O)c1. The molecule has 2 rings (SSSR count). The molecule has 0 atom stereocenters. The van der Waals surface area contributed by atoms with Crippen LogP contribution in [0.15, 0.2) is 47.4 Å². The zero-order valence-corrected chi connectivity index (χ0v) is 13.0. The molecule has 0 unspecified atom stereocenters. The highest BCUT2D eigenvalue weighted by molar-refractivity contribution is 7.90. The molecule has 0 radical (unpaired) electrons. The molecular weight excluding hydrogens is 306 g/mol. The fraction of sp³-hybridized carbons (Fsp3) is 0.125. The predicted molar refractivity (Wildman–Crippen MR) is 86.3 cm³/mol. The minimum atomic E-state index is -3.33. The summed E-state index contributed by atoms with van der Waals surface area (Å²) in [5, 5.41) is 3.56. The summed E-state index contributed by atoms with van der Waals surface area (Å²) in [4.78, 5) is 0.232. The normalized spacial score (nSPS) is 10.9. The molecule has 0 saturated carbocycles. The highest BCUT2D eigenvalue weighted by Gasteiger charge is 2.15. The van der Waals surface area contributed by atoms with E-state index < -0.39 is 9.84 Å². The van der Waals surface area contributed by atoms with E-state index in [4.69, 9.17) is 18.0 Å². The zero-order chi connectivity index (χ0) is 15.5. The molecule has 0 saturated heterocycles. The van der Waals surface area contributed by atoms with E-state index in [1.165, 1.54) is 6.26 Å². The molecule has 0 heterocycles. The van der Waals surface area contributed by atoms with Crippen LogP contribution >= 0.6 is 11.6 Å². The summed E-state index contributed by atoms with van der Waals surface area (Å²) in [6, 6.07) is 12.2. The Labute approximate surface area is 129 Å². The van der Waals surface area contributed by atoms with Gasteiger partial charge in [-0.1, -0.05) is 29.7 Å². The quantitative estimate of drug-likeness (QED) is 0.879. The van der Waals surface area contributed by atoms with Gasteiger partial charge < -0.3 is 5.32 Å². The third kappa shape index (κ3) is 3.78. The van der Waals surface area contributed by atoms with Crippen LogP contribution in [0.4, 0.5) is 5.69 Å². The number of halogens is 1. The first-order chi connectivity index (χ1) is 9.91. The topological polar surface area (TPSA) is 46.2 Å². The van der Waals surface area contributed by atoms with E-state index in [-0.39, 0.29) is 4.90 Å². The molecule has 5 heteroatoms. The lowest BCUT2D eigenvalue weighted by molar-refractivity contribution is 0.601. The molecule has 0 bridgehead atoms. The third-order valence-corrected chi connectivity index (χ3v) is 4.51.